The molecule has 3 aromatic carbocycles. The van der Waals surface area contributed by atoms with Crippen molar-refractivity contribution in [2.75, 3.05) is 5.32 Å². The fourth-order valence-electron chi connectivity index (χ4n) is 2.97. The molecule has 0 radical (unpaired) electrons. The van der Waals surface area contributed by atoms with Crippen molar-refractivity contribution >= 4 is 71.1 Å². The summed E-state index contributed by atoms with van der Waals surface area (Å²) >= 11 is 8.12. The maximum absolute atomic E-state index is 13.1. The van der Waals surface area contributed by atoms with Gasteiger partial charge < -0.3 is 5.32 Å². The van der Waals surface area contributed by atoms with E-state index in [2.05, 4.69) is 37.2 Å². The Kier molecular flexibility index (Phi) is 6.20. The Morgan fingerprint density at radius 1 is 0.933 bits per heavy atom. The Morgan fingerprint density at radius 2 is 1.63 bits per heavy atom. The minimum absolute atomic E-state index is 0.141. The van der Waals surface area contributed by atoms with Gasteiger partial charge in [0.25, 0.3) is 5.91 Å². The van der Waals surface area contributed by atoms with Crippen LogP contribution in [-0.4, -0.2) is 14.3 Å². The molecule has 152 valence electrons. The highest BCUT2D eigenvalue weighted by molar-refractivity contribution is 9.11. The number of carbonyl (C=O) groups excluding carboxylic acids is 1. The maximum Gasteiger partial charge on any atom is 0.262 e. The van der Waals surface area contributed by atoms with Crippen molar-refractivity contribution in [3.63, 3.8) is 0 Å². The van der Waals surface area contributed by atoms with Crippen molar-refractivity contribution in [3.05, 3.63) is 91.7 Å². The Bertz CT molecular complexity index is 1250. The van der Waals surface area contributed by atoms with E-state index in [0.29, 0.717) is 21.1 Å². The van der Waals surface area contributed by atoms with Gasteiger partial charge in [0.2, 0.25) is 0 Å². The Balaban J connectivity index is 1.66. The molecule has 1 heterocycles. The molecule has 3 aromatic rings. The van der Waals surface area contributed by atoms with Gasteiger partial charge in [-0.3, -0.25) is 4.79 Å². The summed E-state index contributed by atoms with van der Waals surface area (Å²) in [6.45, 7) is 0. The number of carbonyl (C=O) groups is 1. The summed E-state index contributed by atoms with van der Waals surface area (Å²) in [5.41, 5.74) is 2.18. The second kappa shape index (κ2) is 8.70. The normalized spacial score (nSPS) is 15.0. The van der Waals surface area contributed by atoms with Crippen molar-refractivity contribution in [1.82, 2.24) is 0 Å². The molecule has 0 atom stereocenters. The summed E-state index contributed by atoms with van der Waals surface area (Å²) in [6, 6.07) is 19.8. The van der Waals surface area contributed by atoms with E-state index in [1.54, 1.807) is 18.2 Å². The van der Waals surface area contributed by atoms with Gasteiger partial charge in [0.05, 0.1) is 21.2 Å². The zero-order chi connectivity index (χ0) is 21.3. The number of rotatable bonds is 4. The second-order valence-electron chi connectivity index (χ2n) is 6.59. The van der Waals surface area contributed by atoms with E-state index >= 15 is 0 Å². The van der Waals surface area contributed by atoms with E-state index in [1.165, 1.54) is 17.8 Å². The third-order valence-corrected chi connectivity index (χ3v) is 8.71. The van der Waals surface area contributed by atoms with Gasteiger partial charge in [0.1, 0.15) is 0 Å². The van der Waals surface area contributed by atoms with Gasteiger partial charge in [-0.1, -0.05) is 80.0 Å². The lowest BCUT2D eigenvalue weighted by Gasteiger charge is -2.19. The van der Waals surface area contributed by atoms with E-state index < -0.39 is 9.84 Å². The van der Waals surface area contributed by atoms with Crippen molar-refractivity contribution in [2.24, 2.45) is 0 Å². The number of halogens is 2. The number of sulfone groups is 1. The zero-order valence-corrected chi connectivity index (χ0v) is 20.2. The lowest BCUT2D eigenvalue weighted by molar-refractivity contribution is -0.112. The molecule has 0 saturated carbocycles. The van der Waals surface area contributed by atoms with Crippen LogP contribution >= 0.6 is 43.6 Å². The van der Waals surface area contributed by atoms with Crippen LogP contribution in [-0.2, 0) is 20.4 Å². The van der Waals surface area contributed by atoms with Gasteiger partial charge in [-0.05, 0) is 47.5 Å². The first-order chi connectivity index (χ1) is 14.3. The molecule has 1 aliphatic heterocycles. The zero-order valence-electron chi connectivity index (χ0n) is 15.4. The predicted octanol–water partition coefficient (Wildman–Crippen LogP) is 6.27. The molecule has 0 bridgehead atoms. The Hall–Kier alpha value is -1.87. The van der Waals surface area contributed by atoms with Crippen LogP contribution in [0, 0.1) is 0 Å². The molecule has 0 aliphatic carbocycles. The maximum atomic E-state index is 13.1. The van der Waals surface area contributed by atoms with Crippen LogP contribution in [0.4, 0.5) is 5.69 Å². The van der Waals surface area contributed by atoms with E-state index in [-0.39, 0.29) is 16.6 Å². The minimum atomic E-state index is -3.59. The van der Waals surface area contributed by atoms with Gasteiger partial charge in [-0.15, -0.1) is 0 Å². The smallest absolute Gasteiger partial charge is 0.262 e. The summed E-state index contributed by atoms with van der Waals surface area (Å²) in [5.74, 6) is -0.346. The molecule has 4 rings (SSSR count). The topological polar surface area (TPSA) is 63.2 Å². The molecular weight excluding hydrogens is 550 g/mol. The highest BCUT2D eigenvalue weighted by atomic mass is 79.9. The first-order valence-electron chi connectivity index (χ1n) is 8.89. The van der Waals surface area contributed by atoms with Crippen molar-refractivity contribution in [1.29, 1.82) is 0 Å². The molecular formula is C22H15Br2NO3S2. The monoisotopic (exact) mass is 563 g/mol. The van der Waals surface area contributed by atoms with Crippen LogP contribution in [0.5, 0.6) is 0 Å². The highest BCUT2D eigenvalue weighted by Crippen LogP contribution is 2.40. The SMILES string of the molecule is O=C1Nc2ccc(S(=O)(=O)Cc3c(Br)cccc3Br)cc2S/C1=C\c1ccccc1. The van der Waals surface area contributed by atoms with Crippen molar-refractivity contribution in [3.8, 4) is 0 Å². The third-order valence-electron chi connectivity index (χ3n) is 4.50. The summed E-state index contributed by atoms with van der Waals surface area (Å²) in [4.78, 5) is 13.9. The average molecular weight is 565 g/mol. The number of thioether (sulfide) groups is 1. The number of benzene rings is 3. The standard InChI is InChI=1S/C22H15Br2NO3S2/c23-17-7-4-8-18(24)16(17)13-30(27,28)15-9-10-19-20(12-15)29-21(22(26)25-19)11-14-5-2-1-3-6-14/h1-12H,13H2,(H,25,26)/b21-11-. The third kappa shape index (κ3) is 4.56. The van der Waals surface area contributed by atoms with Crippen LogP contribution in [0.2, 0.25) is 0 Å². The summed E-state index contributed by atoms with van der Waals surface area (Å²) in [6.07, 6.45) is 1.79. The molecule has 1 amide bonds. The minimum Gasteiger partial charge on any atom is -0.320 e. The molecule has 0 spiro atoms. The average Bonchev–Trinajstić information content (AvgIpc) is 2.72. The lowest BCUT2D eigenvalue weighted by atomic mass is 10.2. The second-order valence-corrected chi connectivity index (χ2v) is 11.4. The van der Waals surface area contributed by atoms with Gasteiger partial charge in [-0.2, -0.15) is 0 Å². The van der Waals surface area contributed by atoms with Gasteiger partial charge in [0.15, 0.2) is 9.84 Å². The summed E-state index contributed by atoms with van der Waals surface area (Å²) < 4.78 is 27.6. The highest BCUT2D eigenvalue weighted by Gasteiger charge is 2.25. The van der Waals surface area contributed by atoms with E-state index in [1.807, 2.05) is 48.5 Å². The van der Waals surface area contributed by atoms with E-state index in [0.717, 1.165) is 14.5 Å². The number of hydrogen-bond acceptors (Lipinski definition) is 4. The summed E-state index contributed by atoms with van der Waals surface area (Å²) in [7, 11) is -3.59. The van der Waals surface area contributed by atoms with Crippen LogP contribution in [0.25, 0.3) is 6.08 Å². The number of anilines is 1. The fourth-order valence-corrected chi connectivity index (χ4v) is 7.12. The van der Waals surface area contributed by atoms with Crippen molar-refractivity contribution < 1.29 is 13.2 Å². The lowest BCUT2D eigenvalue weighted by Crippen LogP contribution is -2.17. The van der Waals surface area contributed by atoms with Crippen LogP contribution < -0.4 is 5.32 Å². The number of fused-ring (bicyclic) bond motifs is 1. The molecule has 8 heteroatoms. The van der Waals surface area contributed by atoms with Gasteiger partial charge in [-0.25, -0.2) is 8.42 Å². The summed E-state index contributed by atoms with van der Waals surface area (Å²) in [5, 5.41) is 2.84. The molecule has 0 aromatic heterocycles. The van der Waals surface area contributed by atoms with Crippen molar-refractivity contribution in [2.45, 2.75) is 15.5 Å². The predicted molar refractivity (Wildman–Crippen MR) is 128 cm³/mol. The van der Waals surface area contributed by atoms with Gasteiger partial charge >= 0.3 is 0 Å². The molecule has 4 nitrogen and oxygen atoms in total. The molecule has 0 fully saturated rings. The number of nitrogens with one attached hydrogen (secondary N) is 1. The first-order valence-corrected chi connectivity index (χ1v) is 12.9. The van der Waals surface area contributed by atoms with E-state index in [4.69, 9.17) is 0 Å². The van der Waals surface area contributed by atoms with Crippen LogP contribution in [0.15, 0.2) is 90.4 Å². The van der Waals surface area contributed by atoms with E-state index in [9.17, 15) is 13.2 Å². The molecule has 30 heavy (non-hydrogen) atoms. The van der Waals surface area contributed by atoms with Gasteiger partial charge in [0, 0.05) is 13.8 Å². The quantitative estimate of drug-likeness (QED) is 0.379. The largest absolute Gasteiger partial charge is 0.320 e. The molecule has 0 unspecified atom stereocenters. The van der Waals surface area contributed by atoms with Crippen LogP contribution in [0.1, 0.15) is 11.1 Å². The molecule has 1 aliphatic rings. The number of hydrogen-bond donors (Lipinski definition) is 1. The van der Waals surface area contributed by atoms with Crippen LogP contribution in [0.3, 0.4) is 0 Å². The Labute approximate surface area is 196 Å². The molecule has 1 N–H and O–H groups in total. The fraction of sp³-hybridized carbons (Fsp3) is 0.0455. The molecule has 0 saturated heterocycles. The Morgan fingerprint density at radius 3 is 2.33 bits per heavy atom. The first kappa shape index (κ1) is 21.4. The number of amides is 1.